The summed E-state index contributed by atoms with van der Waals surface area (Å²) in [7, 11) is 3.24. The van der Waals surface area contributed by atoms with Gasteiger partial charge in [0.05, 0.1) is 0 Å². The van der Waals surface area contributed by atoms with Crippen molar-refractivity contribution in [3.05, 3.63) is 113 Å². The van der Waals surface area contributed by atoms with Crippen molar-refractivity contribution >= 4 is 52.3 Å². The molecule has 1 aromatic heterocycles. The van der Waals surface area contributed by atoms with E-state index in [2.05, 4.69) is 10.3 Å². The van der Waals surface area contributed by atoms with Gasteiger partial charge in [0, 0.05) is 0 Å². The Morgan fingerprint density at radius 3 is 2.43 bits per heavy atom. The monoisotopic (exact) mass is 629 g/mol. The second-order valence-electron chi connectivity index (χ2n) is 9.96. The molecule has 0 radical (unpaired) electrons. The quantitative estimate of drug-likeness (QED) is 0.262. The first-order valence-corrected chi connectivity index (χ1v) is 15.1. The molecule has 9 heteroatoms. The van der Waals surface area contributed by atoms with Crippen LogP contribution >= 0.6 is 0 Å². The third-order valence-electron chi connectivity index (χ3n) is 7.32. The van der Waals surface area contributed by atoms with Gasteiger partial charge in [0.15, 0.2) is 0 Å². The zero-order valence-electron chi connectivity index (χ0n) is 23.1. The van der Waals surface area contributed by atoms with Crippen LogP contribution in [0, 0.1) is 5.82 Å². The number of aromatic amines is 1. The van der Waals surface area contributed by atoms with Crippen LogP contribution in [0.5, 0.6) is 11.5 Å². The number of nitrogens with zero attached hydrogens (tertiary/aromatic N) is 1. The molecule has 7 nitrogen and oxygen atoms in total. The Kier molecular flexibility index (Phi) is 7.69. The van der Waals surface area contributed by atoms with E-state index < -0.39 is 0 Å². The molecule has 1 aliphatic rings. The van der Waals surface area contributed by atoms with Gasteiger partial charge in [0.1, 0.15) is 0 Å². The standard InChI is InChI=1S/C33H28FN3O4Se/c1-40-29-16-20-12-13-37(19-23(20)17-30(29)41-2)33(39)22-4-3-5-26(14-22)42-31-18-35-28-11-6-21(15-27(28)31)32(38)36-25-9-7-24(34)8-10-25/h3-11,14-18,35H,12-13,19H2,1-2H3,(H,36,38). The average molecular weight is 629 g/mol. The van der Waals surface area contributed by atoms with Crippen LogP contribution in [0.1, 0.15) is 31.8 Å². The van der Waals surface area contributed by atoms with Crippen LogP contribution in [0.25, 0.3) is 10.9 Å². The predicted octanol–water partition coefficient (Wildman–Crippen LogP) is 4.43. The summed E-state index contributed by atoms with van der Waals surface area (Å²) in [5, 5.41) is 3.77. The van der Waals surface area contributed by atoms with E-state index in [-0.39, 0.29) is 32.6 Å². The molecule has 0 bridgehead atoms. The number of H-pyrrole nitrogens is 1. The minimum absolute atomic E-state index is 0.00763. The number of benzene rings is 4. The molecule has 0 fully saturated rings. The summed E-state index contributed by atoms with van der Waals surface area (Å²) in [6, 6.07) is 22.9. The first kappa shape index (κ1) is 27.6. The van der Waals surface area contributed by atoms with Gasteiger partial charge in [-0.25, -0.2) is 0 Å². The van der Waals surface area contributed by atoms with E-state index in [1.54, 1.807) is 20.3 Å². The molecule has 0 unspecified atom stereocenters. The van der Waals surface area contributed by atoms with Gasteiger partial charge in [0.25, 0.3) is 0 Å². The molecule has 6 rings (SSSR count). The summed E-state index contributed by atoms with van der Waals surface area (Å²) < 4.78 is 26.3. The Morgan fingerprint density at radius 1 is 0.905 bits per heavy atom. The number of ether oxygens (including phenoxy) is 2. The zero-order valence-corrected chi connectivity index (χ0v) is 24.8. The second-order valence-corrected chi connectivity index (χ2v) is 12.3. The Bertz CT molecular complexity index is 1800. The maximum absolute atomic E-state index is 13.5. The van der Waals surface area contributed by atoms with Gasteiger partial charge in [0.2, 0.25) is 0 Å². The van der Waals surface area contributed by atoms with Gasteiger partial charge >= 0.3 is 249 Å². The number of carbonyl (C=O) groups is 2. The molecule has 0 atom stereocenters. The van der Waals surface area contributed by atoms with Crippen molar-refractivity contribution in [1.29, 1.82) is 0 Å². The van der Waals surface area contributed by atoms with E-state index in [9.17, 15) is 14.0 Å². The minimum atomic E-state index is -0.359. The van der Waals surface area contributed by atoms with Crippen molar-refractivity contribution in [2.45, 2.75) is 13.0 Å². The first-order valence-electron chi connectivity index (χ1n) is 13.4. The van der Waals surface area contributed by atoms with Gasteiger partial charge in [-0.2, -0.15) is 0 Å². The summed E-state index contributed by atoms with van der Waals surface area (Å²) in [4.78, 5) is 31.6. The van der Waals surface area contributed by atoms with Crippen molar-refractivity contribution in [2.24, 2.45) is 0 Å². The fraction of sp³-hybridized carbons (Fsp3) is 0.152. The van der Waals surface area contributed by atoms with E-state index in [0.717, 1.165) is 31.8 Å². The van der Waals surface area contributed by atoms with Crippen LogP contribution in [0.3, 0.4) is 0 Å². The predicted molar refractivity (Wildman–Crippen MR) is 162 cm³/mol. The Morgan fingerprint density at radius 2 is 1.67 bits per heavy atom. The first-order chi connectivity index (χ1) is 20.4. The summed E-state index contributed by atoms with van der Waals surface area (Å²) in [6.45, 7) is 1.14. The van der Waals surface area contributed by atoms with Gasteiger partial charge in [-0.05, 0) is 0 Å². The van der Waals surface area contributed by atoms with Gasteiger partial charge in [-0.15, -0.1) is 0 Å². The second kappa shape index (κ2) is 11.7. The van der Waals surface area contributed by atoms with Crippen LogP contribution in [-0.2, 0) is 13.0 Å². The van der Waals surface area contributed by atoms with Crippen LogP contribution in [-0.4, -0.2) is 57.4 Å². The molecule has 5 aromatic rings. The van der Waals surface area contributed by atoms with Gasteiger partial charge in [-0.3, -0.25) is 0 Å². The van der Waals surface area contributed by atoms with Crippen molar-refractivity contribution in [3.63, 3.8) is 0 Å². The topological polar surface area (TPSA) is 83.7 Å². The normalized spacial score (nSPS) is 12.6. The van der Waals surface area contributed by atoms with Crippen molar-refractivity contribution < 1.29 is 23.5 Å². The molecule has 0 saturated carbocycles. The number of hydrogen-bond acceptors (Lipinski definition) is 4. The molecule has 0 saturated heterocycles. The van der Waals surface area contributed by atoms with Crippen LogP contribution in [0.2, 0.25) is 0 Å². The Balaban J connectivity index is 1.19. The summed E-state index contributed by atoms with van der Waals surface area (Å²) >= 11 is -0.112. The Hall–Kier alpha value is -4.59. The van der Waals surface area contributed by atoms with E-state index in [0.29, 0.717) is 41.4 Å². The number of nitrogens with one attached hydrogen (secondary N) is 2. The summed E-state index contributed by atoms with van der Waals surface area (Å²) in [6.07, 6.45) is 2.71. The fourth-order valence-corrected chi connectivity index (χ4v) is 7.18. The number of methoxy groups -OCH3 is 2. The van der Waals surface area contributed by atoms with Crippen molar-refractivity contribution in [3.8, 4) is 11.5 Å². The molecule has 4 aromatic carbocycles. The number of hydrogen-bond donors (Lipinski definition) is 2. The fourth-order valence-electron chi connectivity index (χ4n) is 5.12. The van der Waals surface area contributed by atoms with Crippen LogP contribution in [0.4, 0.5) is 10.1 Å². The Labute approximate surface area is 248 Å². The van der Waals surface area contributed by atoms with Crippen LogP contribution < -0.4 is 23.7 Å². The molecule has 212 valence electrons. The molecule has 2 amide bonds. The number of carbonyl (C=O) groups excluding carboxylic acids is 2. The number of rotatable bonds is 7. The number of aromatic nitrogens is 1. The average Bonchev–Trinajstić information content (AvgIpc) is 3.42. The third-order valence-corrected chi connectivity index (χ3v) is 9.52. The number of halogens is 1. The van der Waals surface area contributed by atoms with E-state index in [1.807, 2.05) is 59.6 Å². The van der Waals surface area contributed by atoms with Crippen LogP contribution in [0.15, 0.2) is 85.1 Å². The molecular weight excluding hydrogens is 600 g/mol. The van der Waals surface area contributed by atoms with E-state index in [4.69, 9.17) is 9.47 Å². The van der Waals surface area contributed by atoms with E-state index >= 15 is 0 Å². The SMILES string of the molecule is COc1cc2c(cc1OC)CN(C(=O)c1cccc([Se]c3c[nH]c4ccc(C(=O)Nc5ccc(F)cc5)cc34)c1)CC2. The molecular formula is C33H28FN3O4Se. The molecule has 2 heterocycles. The third kappa shape index (κ3) is 5.62. The molecule has 1 aliphatic heterocycles. The maximum atomic E-state index is 13.5. The molecule has 42 heavy (non-hydrogen) atoms. The molecule has 0 aliphatic carbocycles. The van der Waals surface area contributed by atoms with Gasteiger partial charge in [-0.1, -0.05) is 0 Å². The van der Waals surface area contributed by atoms with Crippen molar-refractivity contribution in [2.75, 3.05) is 26.1 Å². The summed E-state index contributed by atoms with van der Waals surface area (Å²) in [5.74, 6) is 0.720. The number of fused-ring (bicyclic) bond motifs is 2. The zero-order chi connectivity index (χ0) is 29.2. The summed E-state index contributed by atoms with van der Waals surface area (Å²) in [5.41, 5.74) is 4.84. The van der Waals surface area contributed by atoms with E-state index in [1.165, 1.54) is 29.8 Å². The number of amides is 2. The van der Waals surface area contributed by atoms with Crippen molar-refractivity contribution in [1.82, 2.24) is 9.88 Å². The number of anilines is 1. The molecule has 2 N–H and O–H groups in total. The molecule has 0 spiro atoms. The van der Waals surface area contributed by atoms with Gasteiger partial charge < -0.3 is 0 Å².